The number of nitrogens with zero attached hydrogens (tertiary/aromatic N) is 1. The Bertz CT molecular complexity index is 575. The summed E-state index contributed by atoms with van der Waals surface area (Å²) in [6.07, 6.45) is 0. The lowest BCUT2D eigenvalue weighted by atomic mass is 10.0. The second-order valence-electron chi connectivity index (χ2n) is 4.16. The van der Waals surface area contributed by atoms with Gasteiger partial charge in [0.15, 0.2) is 5.06 Å². The fraction of sp³-hybridized carbons (Fsp3) is 0.357. The minimum atomic E-state index is 0.873. The smallest absolute Gasteiger partial charge is 0.197 e. The molecule has 2 rings (SSSR count). The average Bonchev–Trinajstić information content (AvgIpc) is 2.73. The maximum absolute atomic E-state index is 5.33. The van der Waals surface area contributed by atoms with Crippen LogP contribution in [0.2, 0.25) is 0 Å². The zero-order valence-corrected chi connectivity index (χ0v) is 12.1. The number of aryl methyl sites for hydroxylation is 1. The number of hydrogen-bond acceptors (Lipinski definition) is 4. The van der Waals surface area contributed by atoms with Gasteiger partial charge in [0.2, 0.25) is 0 Å². The van der Waals surface area contributed by atoms with Crippen molar-refractivity contribution in [2.45, 2.75) is 20.8 Å². The maximum Gasteiger partial charge on any atom is 0.197 e. The van der Waals surface area contributed by atoms with E-state index >= 15 is 0 Å². The predicted molar refractivity (Wildman–Crippen MR) is 74.9 cm³/mol. The van der Waals surface area contributed by atoms with Crippen LogP contribution < -0.4 is 9.47 Å². The summed E-state index contributed by atoms with van der Waals surface area (Å²) in [5.74, 6) is 0.913. The molecule has 1 aromatic carbocycles. The zero-order valence-electron chi connectivity index (χ0n) is 11.3. The first-order valence-electron chi connectivity index (χ1n) is 5.74. The number of rotatable bonds is 3. The molecule has 0 spiro atoms. The molecule has 3 nitrogen and oxygen atoms in total. The van der Waals surface area contributed by atoms with Crippen LogP contribution in [0.1, 0.15) is 16.8 Å². The summed E-state index contributed by atoms with van der Waals surface area (Å²) in [6, 6.07) is 4.04. The topological polar surface area (TPSA) is 31.4 Å². The molecule has 18 heavy (non-hydrogen) atoms. The molecule has 96 valence electrons. The van der Waals surface area contributed by atoms with Crippen molar-refractivity contribution in [1.29, 1.82) is 0 Å². The van der Waals surface area contributed by atoms with Gasteiger partial charge in [-0.2, -0.15) is 0 Å². The summed E-state index contributed by atoms with van der Waals surface area (Å²) in [5, 5.41) is 1.87. The molecule has 2 aromatic rings. The highest BCUT2D eigenvalue weighted by atomic mass is 32.1. The molecular formula is C14H17NO2S. The van der Waals surface area contributed by atoms with E-state index in [9.17, 15) is 0 Å². The lowest BCUT2D eigenvalue weighted by molar-refractivity contribution is 0.411. The molecule has 0 aliphatic carbocycles. The van der Waals surface area contributed by atoms with E-state index < -0.39 is 0 Å². The van der Waals surface area contributed by atoms with Gasteiger partial charge in [-0.25, -0.2) is 4.98 Å². The van der Waals surface area contributed by atoms with Gasteiger partial charge in [0.1, 0.15) is 10.8 Å². The zero-order chi connectivity index (χ0) is 13.3. The molecule has 0 aliphatic rings. The minimum absolute atomic E-state index is 0.873. The molecule has 0 unspecified atom stereocenters. The number of benzene rings is 1. The van der Waals surface area contributed by atoms with Crippen molar-refractivity contribution >= 4 is 11.3 Å². The van der Waals surface area contributed by atoms with Gasteiger partial charge in [-0.05, 0) is 44.0 Å². The molecule has 1 aromatic heterocycles. The quantitative estimate of drug-likeness (QED) is 0.845. The van der Waals surface area contributed by atoms with Gasteiger partial charge in [0.25, 0.3) is 0 Å². The average molecular weight is 263 g/mol. The predicted octanol–water partition coefficient (Wildman–Crippen LogP) is 3.75. The SMILES string of the molecule is COc1ccc(-c2nc(C)c(OC)s2)c(C)c1C. The van der Waals surface area contributed by atoms with Gasteiger partial charge < -0.3 is 9.47 Å². The second-order valence-corrected chi connectivity index (χ2v) is 5.12. The van der Waals surface area contributed by atoms with E-state index in [2.05, 4.69) is 24.9 Å². The van der Waals surface area contributed by atoms with Crippen LogP contribution in [0.5, 0.6) is 10.8 Å². The Morgan fingerprint density at radius 3 is 2.28 bits per heavy atom. The fourth-order valence-corrected chi connectivity index (χ4v) is 2.90. The summed E-state index contributed by atoms with van der Waals surface area (Å²) < 4.78 is 10.6. The Kier molecular flexibility index (Phi) is 3.57. The van der Waals surface area contributed by atoms with E-state index in [0.717, 1.165) is 32.6 Å². The Morgan fingerprint density at radius 2 is 1.72 bits per heavy atom. The number of methoxy groups -OCH3 is 2. The van der Waals surface area contributed by atoms with Crippen LogP contribution in [0.3, 0.4) is 0 Å². The van der Waals surface area contributed by atoms with Gasteiger partial charge in [-0.15, -0.1) is 0 Å². The first kappa shape index (κ1) is 12.9. The molecule has 0 aliphatic heterocycles. The molecule has 0 fully saturated rings. The normalized spacial score (nSPS) is 10.5. The first-order valence-corrected chi connectivity index (χ1v) is 6.56. The molecule has 0 amide bonds. The summed E-state index contributed by atoms with van der Waals surface area (Å²) in [7, 11) is 3.37. The van der Waals surface area contributed by atoms with E-state index in [-0.39, 0.29) is 0 Å². The highest BCUT2D eigenvalue weighted by Gasteiger charge is 2.14. The van der Waals surface area contributed by atoms with Crippen molar-refractivity contribution in [3.05, 3.63) is 29.0 Å². The van der Waals surface area contributed by atoms with E-state index in [1.165, 1.54) is 5.56 Å². The van der Waals surface area contributed by atoms with E-state index in [1.54, 1.807) is 25.6 Å². The molecule has 0 radical (unpaired) electrons. The minimum Gasteiger partial charge on any atom is -0.496 e. The maximum atomic E-state index is 5.33. The lowest BCUT2D eigenvalue weighted by Crippen LogP contribution is -1.92. The van der Waals surface area contributed by atoms with E-state index in [1.807, 2.05) is 13.0 Å². The molecule has 0 saturated heterocycles. The van der Waals surface area contributed by atoms with Crippen LogP contribution in [0.4, 0.5) is 0 Å². The number of thiazole rings is 1. The summed E-state index contributed by atoms with van der Waals surface area (Å²) in [4.78, 5) is 4.56. The van der Waals surface area contributed by atoms with Crippen molar-refractivity contribution < 1.29 is 9.47 Å². The third-order valence-electron chi connectivity index (χ3n) is 3.13. The van der Waals surface area contributed by atoms with Crippen LogP contribution >= 0.6 is 11.3 Å². The molecular weight excluding hydrogens is 246 g/mol. The fourth-order valence-electron chi connectivity index (χ4n) is 1.94. The standard InChI is InChI=1S/C14H17NO2S/c1-8-9(2)12(16-4)7-6-11(8)13-15-10(3)14(17-5)18-13/h6-7H,1-5H3. The molecule has 0 atom stereocenters. The highest BCUT2D eigenvalue weighted by molar-refractivity contribution is 7.17. The Morgan fingerprint density at radius 1 is 1.00 bits per heavy atom. The van der Waals surface area contributed by atoms with Crippen LogP contribution in [-0.4, -0.2) is 19.2 Å². The molecule has 4 heteroatoms. The van der Waals surface area contributed by atoms with Gasteiger partial charge in [-0.1, -0.05) is 11.3 Å². The van der Waals surface area contributed by atoms with E-state index in [4.69, 9.17) is 9.47 Å². The van der Waals surface area contributed by atoms with Gasteiger partial charge >= 0.3 is 0 Å². The Hall–Kier alpha value is -1.55. The van der Waals surface area contributed by atoms with E-state index in [0.29, 0.717) is 0 Å². The number of aromatic nitrogens is 1. The summed E-state index contributed by atoms with van der Waals surface area (Å²) in [6.45, 7) is 6.12. The largest absolute Gasteiger partial charge is 0.496 e. The third-order valence-corrected chi connectivity index (χ3v) is 4.28. The molecule has 1 heterocycles. The Balaban J connectivity index is 2.54. The monoisotopic (exact) mass is 263 g/mol. The molecule has 0 N–H and O–H groups in total. The van der Waals surface area contributed by atoms with Crippen LogP contribution in [0, 0.1) is 20.8 Å². The van der Waals surface area contributed by atoms with Crippen molar-refractivity contribution in [1.82, 2.24) is 4.98 Å². The molecule has 0 bridgehead atoms. The van der Waals surface area contributed by atoms with Crippen LogP contribution in [0.25, 0.3) is 10.6 Å². The van der Waals surface area contributed by atoms with Crippen molar-refractivity contribution in [3.8, 4) is 21.4 Å². The van der Waals surface area contributed by atoms with Gasteiger partial charge in [-0.3, -0.25) is 0 Å². The number of hydrogen-bond donors (Lipinski definition) is 0. The van der Waals surface area contributed by atoms with Crippen molar-refractivity contribution in [2.24, 2.45) is 0 Å². The third kappa shape index (κ3) is 2.08. The van der Waals surface area contributed by atoms with Crippen molar-refractivity contribution in [2.75, 3.05) is 14.2 Å². The second kappa shape index (κ2) is 4.98. The lowest BCUT2D eigenvalue weighted by Gasteiger charge is -2.10. The summed E-state index contributed by atoms with van der Waals surface area (Å²) in [5.41, 5.74) is 4.43. The number of ether oxygens (including phenoxy) is 2. The highest BCUT2D eigenvalue weighted by Crippen LogP contribution is 2.37. The molecule has 0 saturated carbocycles. The van der Waals surface area contributed by atoms with Crippen molar-refractivity contribution in [3.63, 3.8) is 0 Å². The van der Waals surface area contributed by atoms with Gasteiger partial charge in [0, 0.05) is 5.56 Å². The van der Waals surface area contributed by atoms with Gasteiger partial charge in [0.05, 0.1) is 19.9 Å². The van der Waals surface area contributed by atoms with Crippen LogP contribution in [0.15, 0.2) is 12.1 Å². The Labute approximate surface area is 111 Å². The van der Waals surface area contributed by atoms with Crippen LogP contribution in [-0.2, 0) is 0 Å². The summed E-state index contributed by atoms with van der Waals surface area (Å²) >= 11 is 1.57. The first-order chi connectivity index (χ1) is 8.58.